The van der Waals surface area contributed by atoms with Crippen molar-refractivity contribution in [2.45, 2.75) is 22.7 Å². The summed E-state index contributed by atoms with van der Waals surface area (Å²) in [5.74, 6) is -1.44. The third kappa shape index (κ3) is 7.55. The Bertz CT molecular complexity index is 678. The lowest BCUT2D eigenvalue weighted by Crippen LogP contribution is -2.42. The summed E-state index contributed by atoms with van der Waals surface area (Å²) in [6.45, 7) is -0.558. The van der Waals surface area contributed by atoms with Gasteiger partial charge in [0.1, 0.15) is 18.4 Å². The van der Waals surface area contributed by atoms with E-state index in [1.165, 1.54) is 25.3 Å². The zero-order valence-corrected chi connectivity index (χ0v) is 15.9. The maximum absolute atomic E-state index is 12.3. The number of aliphatic carboxylic acids is 1. The first kappa shape index (κ1) is 22.1. The molecule has 1 aromatic rings. The molecule has 1 aromatic carbocycles. The Morgan fingerprint density at radius 3 is 2.50 bits per heavy atom. The molecule has 1 amide bonds. The summed E-state index contributed by atoms with van der Waals surface area (Å²) in [4.78, 5) is 35.1. The molecular formula is C15H17Cl3N2O6. The van der Waals surface area contributed by atoms with Crippen LogP contribution in [0.1, 0.15) is 23.2 Å². The van der Waals surface area contributed by atoms with Gasteiger partial charge in [0.05, 0.1) is 12.7 Å². The number of hydrogen-bond donors (Lipinski definition) is 3. The maximum Gasteiger partial charge on any atom is 0.407 e. The molecule has 0 aliphatic carbocycles. The molecule has 26 heavy (non-hydrogen) atoms. The topological polar surface area (TPSA) is 128 Å². The Hall–Kier alpha value is -1.90. The Kier molecular flexibility index (Phi) is 8.26. The standard InChI is InChI=1S/C15H17Cl3N2O6/c1-25-12-6-8(19)2-3-9(12)11(21)5-4-10(13(22)23)20-14(24)26-7-15(16,17)18/h2-3,6,10H,4-5,7,19H2,1H3,(H,20,24)(H,22,23). The number of carboxylic acid groups (broad SMARTS) is 1. The number of carbonyl (C=O) groups is 3. The molecule has 0 aliphatic heterocycles. The number of anilines is 1. The lowest BCUT2D eigenvalue weighted by Gasteiger charge is -2.16. The molecular weight excluding hydrogens is 411 g/mol. The molecule has 1 unspecified atom stereocenters. The zero-order valence-electron chi connectivity index (χ0n) is 13.6. The van der Waals surface area contributed by atoms with Gasteiger partial charge in [-0.3, -0.25) is 4.79 Å². The first-order chi connectivity index (χ1) is 12.0. The molecule has 0 radical (unpaired) electrons. The van der Waals surface area contributed by atoms with Crippen LogP contribution in [0, 0.1) is 0 Å². The molecule has 0 bridgehead atoms. The number of carbonyl (C=O) groups excluding carboxylic acids is 2. The van der Waals surface area contributed by atoms with E-state index in [4.69, 9.17) is 50.4 Å². The van der Waals surface area contributed by atoms with Crippen LogP contribution >= 0.6 is 34.8 Å². The summed E-state index contributed by atoms with van der Waals surface area (Å²) in [6.07, 6.45) is -1.42. The zero-order chi connectivity index (χ0) is 19.9. The lowest BCUT2D eigenvalue weighted by atomic mass is 10.0. The molecule has 1 rings (SSSR count). The van der Waals surface area contributed by atoms with Gasteiger partial charge in [0.2, 0.25) is 3.79 Å². The minimum atomic E-state index is -1.82. The van der Waals surface area contributed by atoms with Crippen molar-refractivity contribution in [1.29, 1.82) is 0 Å². The van der Waals surface area contributed by atoms with Crippen LogP contribution in [0.4, 0.5) is 10.5 Å². The fraction of sp³-hybridized carbons (Fsp3) is 0.400. The quantitative estimate of drug-likeness (QED) is 0.330. The molecule has 0 saturated heterocycles. The molecule has 8 nitrogen and oxygen atoms in total. The van der Waals surface area contributed by atoms with Gasteiger partial charge in [0.15, 0.2) is 5.78 Å². The second kappa shape index (κ2) is 9.70. The molecule has 0 spiro atoms. The van der Waals surface area contributed by atoms with Gasteiger partial charge in [-0.25, -0.2) is 9.59 Å². The van der Waals surface area contributed by atoms with E-state index in [9.17, 15) is 14.4 Å². The third-order valence-electron chi connectivity index (χ3n) is 3.14. The summed E-state index contributed by atoms with van der Waals surface area (Å²) in [5.41, 5.74) is 6.29. The smallest absolute Gasteiger partial charge is 0.407 e. The highest BCUT2D eigenvalue weighted by Crippen LogP contribution is 2.26. The fourth-order valence-electron chi connectivity index (χ4n) is 1.94. The van der Waals surface area contributed by atoms with Crippen LogP contribution in [-0.2, 0) is 9.53 Å². The number of nitrogens with two attached hydrogens (primary N) is 1. The molecule has 1 atom stereocenters. The first-order valence-electron chi connectivity index (χ1n) is 7.23. The number of alkyl halides is 3. The van der Waals surface area contributed by atoms with Gasteiger partial charge in [-0.05, 0) is 18.6 Å². The van der Waals surface area contributed by atoms with Crippen molar-refractivity contribution in [2.75, 3.05) is 19.5 Å². The number of benzene rings is 1. The molecule has 0 aliphatic rings. The molecule has 0 saturated carbocycles. The average molecular weight is 428 g/mol. The van der Waals surface area contributed by atoms with Gasteiger partial charge < -0.3 is 25.6 Å². The second-order valence-electron chi connectivity index (χ2n) is 5.15. The first-order valence-corrected chi connectivity index (χ1v) is 8.36. The van der Waals surface area contributed by atoms with E-state index in [2.05, 4.69) is 10.1 Å². The Morgan fingerprint density at radius 2 is 1.96 bits per heavy atom. The van der Waals surface area contributed by atoms with Crippen LogP contribution in [0.15, 0.2) is 18.2 Å². The van der Waals surface area contributed by atoms with Crippen molar-refractivity contribution in [3.63, 3.8) is 0 Å². The SMILES string of the molecule is COc1cc(N)ccc1C(=O)CCC(NC(=O)OCC(Cl)(Cl)Cl)C(=O)O. The maximum atomic E-state index is 12.3. The number of halogens is 3. The van der Waals surface area contributed by atoms with E-state index in [0.29, 0.717) is 5.69 Å². The third-order valence-corrected chi connectivity index (χ3v) is 3.47. The molecule has 144 valence electrons. The number of methoxy groups -OCH3 is 1. The number of hydrogen-bond acceptors (Lipinski definition) is 6. The van der Waals surface area contributed by atoms with Gasteiger partial charge in [-0.2, -0.15) is 0 Å². The molecule has 4 N–H and O–H groups in total. The average Bonchev–Trinajstić information content (AvgIpc) is 2.55. The van der Waals surface area contributed by atoms with E-state index < -0.39 is 28.5 Å². The van der Waals surface area contributed by atoms with E-state index >= 15 is 0 Å². The van der Waals surface area contributed by atoms with E-state index in [1.54, 1.807) is 0 Å². The van der Waals surface area contributed by atoms with Crippen LogP contribution in [0.3, 0.4) is 0 Å². The minimum absolute atomic E-state index is 0.165. The number of ketones is 1. The van der Waals surface area contributed by atoms with Gasteiger partial charge in [0.25, 0.3) is 0 Å². The lowest BCUT2D eigenvalue weighted by molar-refractivity contribution is -0.139. The number of amides is 1. The van der Waals surface area contributed by atoms with E-state index in [1.807, 2.05) is 0 Å². The van der Waals surface area contributed by atoms with Crippen molar-refractivity contribution in [2.24, 2.45) is 0 Å². The van der Waals surface area contributed by atoms with Crippen LogP contribution in [0.25, 0.3) is 0 Å². The van der Waals surface area contributed by atoms with Crippen molar-refractivity contribution in [3.8, 4) is 5.75 Å². The fourth-order valence-corrected chi connectivity index (χ4v) is 2.10. The van der Waals surface area contributed by atoms with Gasteiger partial charge in [-0.15, -0.1) is 0 Å². The monoisotopic (exact) mass is 426 g/mol. The van der Waals surface area contributed by atoms with Crippen LogP contribution in [-0.4, -0.2) is 46.5 Å². The van der Waals surface area contributed by atoms with Crippen LogP contribution < -0.4 is 15.8 Å². The minimum Gasteiger partial charge on any atom is -0.496 e. The summed E-state index contributed by atoms with van der Waals surface area (Å²) in [6, 6.07) is 3.13. The van der Waals surface area contributed by atoms with E-state index in [-0.39, 0.29) is 29.9 Å². The highest BCUT2D eigenvalue weighted by Gasteiger charge is 2.26. The normalized spacial score (nSPS) is 12.2. The number of nitrogen functional groups attached to an aromatic ring is 1. The number of Topliss-reactive ketones (excluding diaryl/α,β-unsaturated/α-hetero) is 1. The van der Waals surface area contributed by atoms with Crippen molar-refractivity contribution < 1.29 is 29.0 Å². The second-order valence-corrected chi connectivity index (χ2v) is 7.66. The number of ether oxygens (including phenoxy) is 2. The predicted molar refractivity (Wildman–Crippen MR) is 97.2 cm³/mol. The summed E-state index contributed by atoms with van der Waals surface area (Å²) in [7, 11) is 1.38. The predicted octanol–water partition coefficient (Wildman–Crippen LogP) is 2.79. The Labute approximate surface area is 164 Å². The number of rotatable bonds is 8. The van der Waals surface area contributed by atoms with Crippen molar-refractivity contribution >= 4 is 58.3 Å². The molecule has 0 fully saturated rings. The summed E-state index contributed by atoms with van der Waals surface area (Å²) in [5, 5.41) is 11.3. The Morgan fingerprint density at radius 1 is 1.31 bits per heavy atom. The van der Waals surface area contributed by atoms with E-state index in [0.717, 1.165) is 0 Å². The highest BCUT2D eigenvalue weighted by molar-refractivity contribution is 6.67. The number of alkyl carbamates (subject to hydrolysis) is 1. The number of nitrogens with one attached hydrogen (secondary N) is 1. The molecule has 11 heteroatoms. The Balaban J connectivity index is 2.67. The molecule has 0 heterocycles. The van der Waals surface area contributed by atoms with Gasteiger partial charge in [-0.1, -0.05) is 34.8 Å². The van der Waals surface area contributed by atoms with Crippen molar-refractivity contribution in [1.82, 2.24) is 5.32 Å². The van der Waals surface area contributed by atoms with Crippen LogP contribution in [0.5, 0.6) is 5.75 Å². The molecule has 0 aromatic heterocycles. The van der Waals surface area contributed by atoms with Crippen LogP contribution in [0.2, 0.25) is 0 Å². The summed E-state index contributed by atoms with van der Waals surface area (Å²) < 4.78 is 7.86. The van der Waals surface area contributed by atoms with Gasteiger partial charge >= 0.3 is 12.1 Å². The summed E-state index contributed by atoms with van der Waals surface area (Å²) >= 11 is 16.3. The van der Waals surface area contributed by atoms with Gasteiger partial charge in [0, 0.05) is 18.2 Å². The largest absolute Gasteiger partial charge is 0.496 e. The number of carboxylic acids is 1. The van der Waals surface area contributed by atoms with Crippen molar-refractivity contribution in [3.05, 3.63) is 23.8 Å². The highest BCUT2D eigenvalue weighted by atomic mass is 35.6.